The normalized spacial score (nSPS) is 10.4. The van der Waals surface area contributed by atoms with Crippen molar-refractivity contribution in [1.82, 2.24) is 9.55 Å². The minimum Gasteiger partial charge on any atom is -0.497 e. The molecule has 0 radical (unpaired) electrons. The van der Waals surface area contributed by atoms with Crippen molar-refractivity contribution in [1.29, 1.82) is 0 Å². The van der Waals surface area contributed by atoms with Crippen molar-refractivity contribution in [3.63, 3.8) is 0 Å². The van der Waals surface area contributed by atoms with Crippen LogP contribution in [0.1, 0.15) is 10.4 Å². The van der Waals surface area contributed by atoms with Gasteiger partial charge in [0.25, 0.3) is 11.5 Å². The predicted octanol–water partition coefficient (Wildman–Crippen LogP) is 2.55. The minimum atomic E-state index is -0.716. The van der Waals surface area contributed by atoms with Crippen molar-refractivity contribution in [2.45, 2.75) is 0 Å². The molecule has 1 amide bonds. The molecule has 26 heavy (non-hydrogen) atoms. The summed E-state index contributed by atoms with van der Waals surface area (Å²) < 4.78 is 6.74. The number of nitrogens with zero attached hydrogens (tertiary/aromatic N) is 1. The van der Waals surface area contributed by atoms with Crippen LogP contribution >= 0.6 is 15.9 Å². The van der Waals surface area contributed by atoms with Gasteiger partial charge in [0.1, 0.15) is 11.3 Å². The van der Waals surface area contributed by atoms with Gasteiger partial charge in [-0.05, 0) is 42.5 Å². The van der Waals surface area contributed by atoms with Gasteiger partial charge in [-0.15, -0.1) is 0 Å². The Bertz CT molecular complexity index is 1070. The summed E-state index contributed by atoms with van der Waals surface area (Å²) >= 11 is 3.31. The van der Waals surface area contributed by atoms with E-state index in [-0.39, 0.29) is 5.56 Å². The van der Waals surface area contributed by atoms with Gasteiger partial charge in [0.2, 0.25) is 0 Å². The molecule has 3 rings (SSSR count). The van der Waals surface area contributed by atoms with Crippen molar-refractivity contribution in [3.8, 4) is 11.4 Å². The lowest BCUT2D eigenvalue weighted by molar-refractivity contribution is 0.102. The molecular weight excluding hydrogens is 402 g/mol. The highest BCUT2D eigenvalue weighted by Gasteiger charge is 2.16. The third-order valence-corrected chi connectivity index (χ3v) is 4.13. The number of carbonyl (C=O) groups excluding carboxylic acids is 1. The summed E-state index contributed by atoms with van der Waals surface area (Å²) in [4.78, 5) is 39.7. The first-order valence-corrected chi connectivity index (χ1v) is 8.35. The Morgan fingerprint density at radius 3 is 2.54 bits per heavy atom. The van der Waals surface area contributed by atoms with Crippen LogP contribution in [0, 0.1) is 0 Å². The number of H-pyrrole nitrogens is 1. The summed E-state index contributed by atoms with van der Waals surface area (Å²) in [5.41, 5.74) is -0.689. The first kappa shape index (κ1) is 17.7. The zero-order valence-electron chi connectivity index (χ0n) is 13.7. The zero-order valence-corrected chi connectivity index (χ0v) is 15.2. The third-order valence-electron chi connectivity index (χ3n) is 3.63. The van der Waals surface area contributed by atoms with Gasteiger partial charge in [-0.3, -0.25) is 9.59 Å². The fraction of sp³-hybridized carbons (Fsp3) is 0.0556. The number of nitrogens with one attached hydrogen (secondary N) is 2. The topological polar surface area (TPSA) is 93.2 Å². The van der Waals surface area contributed by atoms with Crippen LogP contribution in [0.5, 0.6) is 5.75 Å². The molecule has 0 atom stereocenters. The molecule has 7 nitrogen and oxygen atoms in total. The largest absolute Gasteiger partial charge is 0.497 e. The molecule has 0 aliphatic heterocycles. The van der Waals surface area contributed by atoms with Crippen LogP contribution in [0.4, 0.5) is 5.69 Å². The van der Waals surface area contributed by atoms with E-state index in [1.54, 1.807) is 42.5 Å². The van der Waals surface area contributed by atoms with Crippen molar-refractivity contribution in [2.75, 3.05) is 12.4 Å². The lowest BCUT2D eigenvalue weighted by atomic mass is 10.2. The highest BCUT2D eigenvalue weighted by Crippen LogP contribution is 2.16. The monoisotopic (exact) mass is 415 g/mol. The zero-order chi connectivity index (χ0) is 18.7. The second kappa shape index (κ2) is 7.40. The van der Waals surface area contributed by atoms with Crippen LogP contribution in [0.2, 0.25) is 0 Å². The number of benzene rings is 2. The molecule has 0 fully saturated rings. The minimum absolute atomic E-state index is 0.180. The van der Waals surface area contributed by atoms with E-state index in [4.69, 9.17) is 4.74 Å². The molecule has 0 saturated carbocycles. The van der Waals surface area contributed by atoms with Gasteiger partial charge in [-0.25, -0.2) is 9.36 Å². The summed E-state index contributed by atoms with van der Waals surface area (Å²) in [7, 11) is 1.51. The summed E-state index contributed by atoms with van der Waals surface area (Å²) in [5, 5.41) is 2.63. The van der Waals surface area contributed by atoms with Gasteiger partial charge in [-0.2, -0.15) is 0 Å². The Morgan fingerprint density at radius 2 is 1.88 bits per heavy atom. The highest BCUT2D eigenvalue weighted by atomic mass is 79.9. The molecule has 0 aliphatic carbocycles. The number of hydrogen-bond donors (Lipinski definition) is 2. The maximum Gasteiger partial charge on any atom is 0.333 e. The number of aromatic nitrogens is 2. The summed E-state index contributed by atoms with van der Waals surface area (Å²) in [6.07, 6.45) is 1.11. The third kappa shape index (κ3) is 3.60. The molecule has 1 aromatic heterocycles. The SMILES string of the molecule is COc1ccc(-n2c(=O)[nH]cc(C(=O)Nc3cccc(Br)c3)c2=O)cc1. The van der Waals surface area contributed by atoms with E-state index in [2.05, 4.69) is 26.2 Å². The second-order valence-corrected chi connectivity index (χ2v) is 6.23. The van der Waals surface area contributed by atoms with Crippen molar-refractivity contribution >= 4 is 27.5 Å². The van der Waals surface area contributed by atoms with E-state index >= 15 is 0 Å². The lowest BCUT2D eigenvalue weighted by Gasteiger charge is -2.09. The number of anilines is 1. The molecular formula is C18H14BrN3O4. The molecule has 0 spiro atoms. The molecule has 3 aromatic rings. The Morgan fingerprint density at radius 1 is 1.15 bits per heavy atom. The fourth-order valence-electron chi connectivity index (χ4n) is 2.37. The average molecular weight is 416 g/mol. The summed E-state index contributed by atoms with van der Waals surface area (Å²) in [6.45, 7) is 0. The van der Waals surface area contributed by atoms with E-state index in [9.17, 15) is 14.4 Å². The van der Waals surface area contributed by atoms with Gasteiger partial charge in [-0.1, -0.05) is 22.0 Å². The molecule has 2 aromatic carbocycles. The van der Waals surface area contributed by atoms with Gasteiger partial charge >= 0.3 is 5.69 Å². The number of rotatable bonds is 4. The summed E-state index contributed by atoms with van der Waals surface area (Å²) in [6, 6.07) is 13.3. The van der Waals surface area contributed by atoms with E-state index < -0.39 is 17.2 Å². The van der Waals surface area contributed by atoms with E-state index in [1.807, 2.05) is 6.07 Å². The standard InChI is InChI=1S/C18H14BrN3O4/c1-26-14-7-5-13(6-8-14)22-17(24)15(10-20-18(22)25)16(23)21-12-4-2-3-11(19)9-12/h2-10H,1H3,(H,20,25)(H,21,23). The van der Waals surface area contributed by atoms with Crippen LogP contribution in [0.3, 0.4) is 0 Å². The first-order chi connectivity index (χ1) is 12.5. The lowest BCUT2D eigenvalue weighted by Crippen LogP contribution is -2.38. The quantitative estimate of drug-likeness (QED) is 0.684. The molecule has 1 heterocycles. The molecule has 0 saturated heterocycles. The maximum atomic E-state index is 12.7. The summed E-state index contributed by atoms with van der Waals surface area (Å²) in [5.74, 6) is -0.0339. The average Bonchev–Trinajstić information content (AvgIpc) is 2.62. The first-order valence-electron chi connectivity index (χ1n) is 7.55. The van der Waals surface area contributed by atoms with E-state index in [1.165, 1.54) is 7.11 Å². The van der Waals surface area contributed by atoms with Crippen molar-refractivity contribution in [3.05, 3.63) is 85.6 Å². The van der Waals surface area contributed by atoms with Crippen LogP contribution in [0.25, 0.3) is 5.69 Å². The number of halogens is 1. The van der Waals surface area contributed by atoms with Crippen LogP contribution < -0.4 is 21.3 Å². The van der Waals surface area contributed by atoms with Gasteiger partial charge in [0.15, 0.2) is 0 Å². The fourth-order valence-corrected chi connectivity index (χ4v) is 2.77. The van der Waals surface area contributed by atoms with Crippen molar-refractivity contribution < 1.29 is 9.53 Å². The Kier molecular flexibility index (Phi) is 5.04. The molecule has 8 heteroatoms. The molecule has 0 aliphatic rings. The van der Waals surface area contributed by atoms with Crippen molar-refractivity contribution in [2.24, 2.45) is 0 Å². The second-order valence-electron chi connectivity index (χ2n) is 5.31. The maximum absolute atomic E-state index is 12.7. The molecule has 132 valence electrons. The number of amides is 1. The van der Waals surface area contributed by atoms with Crippen LogP contribution in [0.15, 0.2) is 68.8 Å². The molecule has 2 N–H and O–H groups in total. The highest BCUT2D eigenvalue weighted by molar-refractivity contribution is 9.10. The molecule has 0 unspecified atom stereocenters. The number of methoxy groups -OCH3 is 1. The Balaban J connectivity index is 2.00. The van der Waals surface area contributed by atoms with E-state index in [0.29, 0.717) is 17.1 Å². The van der Waals surface area contributed by atoms with E-state index in [0.717, 1.165) is 15.2 Å². The Hall–Kier alpha value is -3.13. The van der Waals surface area contributed by atoms with Crippen LogP contribution in [-0.4, -0.2) is 22.6 Å². The predicted molar refractivity (Wildman–Crippen MR) is 101 cm³/mol. The van der Waals surface area contributed by atoms with Crippen LogP contribution in [-0.2, 0) is 0 Å². The number of aromatic amines is 1. The number of ether oxygens (including phenoxy) is 1. The van der Waals surface area contributed by atoms with Gasteiger partial charge in [0, 0.05) is 16.4 Å². The smallest absolute Gasteiger partial charge is 0.333 e. The Labute approximate surface area is 156 Å². The molecule has 0 bridgehead atoms. The number of carbonyl (C=O) groups is 1. The number of hydrogen-bond acceptors (Lipinski definition) is 4. The van der Waals surface area contributed by atoms with Gasteiger partial charge < -0.3 is 15.0 Å². The van der Waals surface area contributed by atoms with Gasteiger partial charge in [0.05, 0.1) is 12.8 Å².